The summed E-state index contributed by atoms with van der Waals surface area (Å²) in [6.45, 7) is 3.23. The van der Waals surface area contributed by atoms with Crippen molar-refractivity contribution in [2.24, 2.45) is 0 Å². The van der Waals surface area contributed by atoms with Gasteiger partial charge in [0, 0.05) is 19.6 Å². The van der Waals surface area contributed by atoms with E-state index in [9.17, 15) is 18.6 Å². The van der Waals surface area contributed by atoms with Crippen molar-refractivity contribution in [1.29, 1.82) is 0 Å². The molecular weight excluding hydrogens is 529 g/mol. The Labute approximate surface area is 213 Å². The smallest absolute Gasteiger partial charge is 0.206 e. The number of halogens is 3. The highest BCUT2D eigenvalue weighted by atomic mass is 35.5. The fraction of sp³-hybridized carbons (Fsp3) is 0.455. The van der Waals surface area contributed by atoms with E-state index in [1.807, 2.05) is 0 Å². The van der Waals surface area contributed by atoms with E-state index in [0.29, 0.717) is 25.5 Å². The molecule has 0 spiro atoms. The van der Waals surface area contributed by atoms with Crippen LogP contribution in [0.1, 0.15) is 0 Å². The number of aliphatic hydroxyl groups is 2. The lowest BCUT2D eigenvalue weighted by atomic mass is 10.3. The number of hydrogen-bond acceptors (Lipinski definition) is 8. The topological polar surface area (TPSA) is 106 Å². The lowest BCUT2D eigenvalue weighted by Crippen LogP contribution is -2.42. The van der Waals surface area contributed by atoms with Crippen LogP contribution in [0.15, 0.2) is 46.2 Å². The summed E-state index contributed by atoms with van der Waals surface area (Å²) in [5.41, 5.74) is 0. The molecule has 12 heteroatoms. The third-order valence-electron chi connectivity index (χ3n) is 5.03. The van der Waals surface area contributed by atoms with Gasteiger partial charge in [0.15, 0.2) is 5.75 Å². The average Bonchev–Trinajstić information content (AvgIpc) is 2.82. The van der Waals surface area contributed by atoms with Crippen LogP contribution in [0.4, 0.5) is 0 Å². The van der Waals surface area contributed by atoms with E-state index in [2.05, 4.69) is 4.90 Å². The molecule has 0 aliphatic carbocycles. The number of alkyl halides is 1. The minimum absolute atomic E-state index is 0.0120. The monoisotopic (exact) mass is 553 g/mol. The molecule has 1 fully saturated rings. The Kier molecular flexibility index (Phi) is 10.1. The van der Waals surface area contributed by atoms with Gasteiger partial charge in [-0.2, -0.15) is 0 Å². The first kappa shape index (κ1) is 27.3. The van der Waals surface area contributed by atoms with Gasteiger partial charge in [-0.1, -0.05) is 23.2 Å². The third kappa shape index (κ3) is 7.35. The van der Waals surface area contributed by atoms with Crippen molar-refractivity contribution in [3.8, 4) is 11.5 Å². The molecule has 1 aliphatic rings. The van der Waals surface area contributed by atoms with Crippen LogP contribution in [0.3, 0.4) is 0 Å². The second-order valence-corrected chi connectivity index (χ2v) is 10.8. The molecule has 1 heterocycles. The van der Waals surface area contributed by atoms with Gasteiger partial charge in [-0.05, 0) is 36.4 Å². The van der Waals surface area contributed by atoms with Crippen LogP contribution in [0, 0.1) is 0 Å². The molecule has 188 valence electrons. The maximum absolute atomic E-state index is 13.0. The summed E-state index contributed by atoms with van der Waals surface area (Å²) < 4.78 is 42.3. The molecular formula is C22H26Cl3NO7S. The maximum Gasteiger partial charge on any atom is 0.206 e. The Morgan fingerprint density at radius 3 is 2.12 bits per heavy atom. The van der Waals surface area contributed by atoms with Gasteiger partial charge in [0.2, 0.25) is 9.84 Å². The molecule has 0 aromatic heterocycles. The molecule has 0 bridgehead atoms. The molecule has 1 aliphatic heterocycles. The Bertz CT molecular complexity index is 1020. The Hall–Kier alpha value is -1.30. The molecule has 0 saturated carbocycles. The average molecular weight is 555 g/mol. The van der Waals surface area contributed by atoms with Crippen LogP contribution in [0.5, 0.6) is 11.5 Å². The molecule has 0 amide bonds. The van der Waals surface area contributed by atoms with Crippen molar-refractivity contribution in [1.82, 2.24) is 4.90 Å². The number of morpholine rings is 1. The van der Waals surface area contributed by atoms with E-state index in [-0.39, 0.29) is 44.7 Å². The fourth-order valence-corrected chi connectivity index (χ4v) is 5.36. The van der Waals surface area contributed by atoms with E-state index >= 15 is 0 Å². The van der Waals surface area contributed by atoms with Gasteiger partial charge in [0.05, 0.1) is 38.9 Å². The third-order valence-corrected chi connectivity index (χ3v) is 7.70. The summed E-state index contributed by atoms with van der Waals surface area (Å²) in [6.07, 6.45) is -1.60. The van der Waals surface area contributed by atoms with Crippen LogP contribution in [-0.4, -0.2) is 87.7 Å². The van der Waals surface area contributed by atoms with E-state index in [1.165, 1.54) is 36.4 Å². The zero-order valence-corrected chi connectivity index (χ0v) is 21.3. The lowest BCUT2D eigenvalue weighted by Gasteiger charge is -2.28. The highest BCUT2D eigenvalue weighted by Gasteiger charge is 2.22. The minimum atomic E-state index is -3.92. The second kappa shape index (κ2) is 12.6. The number of sulfone groups is 1. The zero-order chi connectivity index (χ0) is 24.7. The van der Waals surface area contributed by atoms with E-state index in [1.54, 1.807) is 0 Å². The van der Waals surface area contributed by atoms with Crippen molar-refractivity contribution in [2.75, 3.05) is 51.9 Å². The second-order valence-electron chi connectivity index (χ2n) is 7.69. The van der Waals surface area contributed by atoms with Gasteiger partial charge in [-0.25, -0.2) is 8.42 Å². The van der Waals surface area contributed by atoms with Gasteiger partial charge in [-0.15, -0.1) is 11.6 Å². The number of benzene rings is 2. The number of aliphatic hydroxyl groups excluding tert-OH is 2. The number of hydrogen-bond donors (Lipinski definition) is 2. The molecule has 8 nitrogen and oxygen atoms in total. The zero-order valence-electron chi connectivity index (χ0n) is 18.2. The Morgan fingerprint density at radius 1 is 0.941 bits per heavy atom. The molecule has 34 heavy (non-hydrogen) atoms. The molecule has 2 atom stereocenters. The molecule has 0 radical (unpaired) electrons. The Balaban J connectivity index is 1.63. The summed E-state index contributed by atoms with van der Waals surface area (Å²) in [4.78, 5) is 2.01. The normalized spacial score (nSPS) is 16.7. The standard InChI is InChI=1S/C22H26Cl3NO7S/c23-11-15(27)13-33-22-20(24)9-19(10-21(22)25)34(29,30)18-3-1-17(2-4-18)32-14-16(28)12-26-5-7-31-8-6-26/h1-4,9-10,15-16,27-28H,5-8,11-14H2/t15-,16+/m1/s1. The summed E-state index contributed by atoms with van der Waals surface area (Å²) in [5.74, 6) is 0.456. The number of ether oxygens (including phenoxy) is 3. The van der Waals surface area contributed by atoms with Crippen LogP contribution in [-0.2, 0) is 14.6 Å². The van der Waals surface area contributed by atoms with Crippen LogP contribution < -0.4 is 9.47 Å². The summed E-state index contributed by atoms with van der Waals surface area (Å²) in [6, 6.07) is 8.31. The van der Waals surface area contributed by atoms with Gasteiger partial charge >= 0.3 is 0 Å². The number of β-amino-alcohol motifs (C(OH)–C–C–N with tert-alkyl or cyclic N) is 1. The van der Waals surface area contributed by atoms with E-state index < -0.39 is 22.0 Å². The molecule has 2 aromatic carbocycles. The summed E-state index contributed by atoms with van der Waals surface area (Å²) in [5, 5.41) is 19.7. The van der Waals surface area contributed by atoms with Crippen molar-refractivity contribution in [2.45, 2.75) is 22.0 Å². The molecule has 3 rings (SSSR count). The van der Waals surface area contributed by atoms with Gasteiger partial charge in [-0.3, -0.25) is 4.90 Å². The SMILES string of the molecule is O=S(=O)(c1ccc(OC[C@@H](O)CN2CCOCC2)cc1)c1cc(Cl)c(OC[C@H](O)CCl)c(Cl)c1. The predicted molar refractivity (Wildman–Crippen MR) is 129 cm³/mol. The van der Waals surface area contributed by atoms with Crippen LogP contribution in [0.25, 0.3) is 0 Å². The van der Waals surface area contributed by atoms with Crippen LogP contribution in [0.2, 0.25) is 10.0 Å². The first-order valence-corrected chi connectivity index (χ1v) is 13.3. The first-order valence-electron chi connectivity index (χ1n) is 10.5. The summed E-state index contributed by atoms with van der Waals surface area (Å²) >= 11 is 17.9. The molecule has 2 aromatic rings. The molecule has 0 unspecified atom stereocenters. The van der Waals surface area contributed by atoms with Crippen molar-refractivity contribution < 1.29 is 32.8 Å². The lowest BCUT2D eigenvalue weighted by molar-refractivity contribution is 0.00465. The molecule has 1 saturated heterocycles. The highest BCUT2D eigenvalue weighted by molar-refractivity contribution is 7.91. The van der Waals surface area contributed by atoms with Crippen LogP contribution >= 0.6 is 34.8 Å². The fourth-order valence-electron chi connectivity index (χ4n) is 3.23. The number of rotatable bonds is 11. The largest absolute Gasteiger partial charge is 0.491 e. The van der Waals surface area contributed by atoms with Gasteiger partial charge in [0.1, 0.15) is 31.2 Å². The van der Waals surface area contributed by atoms with Crippen molar-refractivity contribution in [3.05, 3.63) is 46.4 Å². The number of nitrogens with zero attached hydrogens (tertiary/aromatic N) is 1. The first-order chi connectivity index (χ1) is 16.2. The predicted octanol–water partition coefficient (Wildman–Crippen LogP) is 2.88. The molecule has 2 N–H and O–H groups in total. The van der Waals surface area contributed by atoms with Crippen molar-refractivity contribution in [3.63, 3.8) is 0 Å². The van der Waals surface area contributed by atoms with Gasteiger partial charge in [0.25, 0.3) is 0 Å². The van der Waals surface area contributed by atoms with Crippen molar-refractivity contribution >= 4 is 44.6 Å². The highest BCUT2D eigenvalue weighted by Crippen LogP contribution is 2.37. The summed E-state index contributed by atoms with van der Waals surface area (Å²) in [7, 11) is -3.92. The minimum Gasteiger partial charge on any atom is -0.491 e. The van der Waals surface area contributed by atoms with Gasteiger partial charge < -0.3 is 24.4 Å². The van der Waals surface area contributed by atoms with E-state index in [4.69, 9.17) is 49.0 Å². The quantitative estimate of drug-likeness (QED) is 0.409. The Morgan fingerprint density at radius 2 is 1.53 bits per heavy atom. The maximum atomic E-state index is 13.0. The van der Waals surface area contributed by atoms with E-state index in [0.717, 1.165) is 13.1 Å².